The van der Waals surface area contributed by atoms with Crippen LogP contribution in [0.5, 0.6) is 0 Å². The summed E-state index contributed by atoms with van der Waals surface area (Å²) in [5, 5.41) is 0. The molecule has 0 amide bonds. The van der Waals surface area contributed by atoms with Crippen LogP contribution in [0.1, 0.15) is 5.56 Å². The molecule has 4 nitrogen and oxygen atoms in total. The number of alkyl halides is 4. The Morgan fingerprint density at radius 2 is 2.00 bits per heavy atom. The summed E-state index contributed by atoms with van der Waals surface area (Å²) >= 11 is 3.24. The van der Waals surface area contributed by atoms with Gasteiger partial charge in [0, 0.05) is 20.7 Å². The van der Waals surface area contributed by atoms with Gasteiger partial charge in [-0.3, -0.25) is 0 Å². The number of benzene rings is 1. The molecule has 0 aliphatic heterocycles. The Labute approximate surface area is 130 Å². The first-order valence-electron chi connectivity index (χ1n) is 5.85. The van der Waals surface area contributed by atoms with Crippen molar-refractivity contribution in [3.63, 3.8) is 0 Å². The van der Waals surface area contributed by atoms with Crippen LogP contribution in [0.3, 0.4) is 0 Å². The second-order valence-corrected chi connectivity index (χ2v) is 7.70. The lowest BCUT2D eigenvalue weighted by Gasteiger charge is -2.20. The second-order valence-electron chi connectivity index (χ2n) is 4.36. The van der Waals surface area contributed by atoms with E-state index >= 15 is 0 Å². The highest BCUT2D eigenvalue weighted by Crippen LogP contribution is 2.31. The molecule has 0 radical (unpaired) electrons. The molecule has 0 heterocycles. The molecule has 0 aliphatic carbocycles. The SMILES string of the molecule is COCC(Br)CN(C)S(=O)(=O)c1cccc(C(F)(F)F)c1. The van der Waals surface area contributed by atoms with Gasteiger partial charge in [-0.15, -0.1) is 0 Å². The molecule has 1 atom stereocenters. The molecule has 120 valence electrons. The van der Waals surface area contributed by atoms with Gasteiger partial charge in [0.05, 0.1) is 21.9 Å². The molecule has 0 saturated carbocycles. The summed E-state index contributed by atoms with van der Waals surface area (Å²) in [7, 11) is -1.21. The van der Waals surface area contributed by atoms with Crippen molar-refractivity contribution in [2.45, 2.75) is 15.9 Å². The maximum atomic E-state index is 12.6. The molecule has 1 rings (SSSR count). The number of sulfonamides is 1. The lowest BCUT2D eigenvalue weighted by Crippen LogP contribution is -2.33. The summed E-state index contributed by atoms with van der Waals surface area (Å²) in [6.07, 6.45) is -4.59. The first-order chi connectivity index (χ1) is 9.59. The number of ether oxygens (including phenoxy) is 1. The number of hydrogen-bond acceptors (Lipinski definition) is 3. The fourth-order valence-corrected chi connectivity index (χ4v) is 3.78. The number of rotatable bonds is 6. The van der Waals surface area contributed by atoms with Gasteiger partial charge < -0.3 is 4.74 Å². The summed E-state index contributed by atoms with van der Waals surface area (Å²) in [6.45, 7) is 0.356. The van der Waals surface area contributed by atoms with Gasteiger partial charge in [0.15, 0.2) is 0 Å². The predicted octanol–water partition coefficient (Wildman–Crippen LogP) is 2.74. The van der Waals surface area contributed by atoms with Gasteiger partial charge in [-0.2, -0.15) is 17.5 Å². The molecule has 0 aliphatic rings. The Kier molecular flexibility index (Phi) is 6.21. The van der Waals surface area contributed by atoms with Gasteiger partial charge in [0.25, 0.3) is 0 Å². The maximum Gasteiger partial charge on any atom is 0.416 e. The molecular formula is C12H15BrF3NO3S. The van der Waals surface area contributed by atoms with Crippen LogP contribution >= 0.6 is 15.9 Å². The summed E-state index contributed by atoms with van der Waals surface area (Å²) in [4.78, 5) is -0.648. The zero-order valence-corrected chi connectivity index (χ0v) is 13.8. The minimum absolute atomic E-state index is 0.0758. The average Bonchev–Trinajstić information content (AvgIpc) is 2.38. The average molecular weight is 390 g/mol. The van der Waals surface area contributed by atoms with Crippen molar-refractivity contribution in [3.8, 4) is 0 Å². The highest BCUT2D eigenvalue weighted by Gasteiger charge is 2.32. The van der Waals surface area contributed by atoms with E-state index in [1.165, 1.54) is 14.2 Å². The van der Waals surface area contributed by atoms with E-state index in [-0.39, 0.29) is 18.0 Å². The smallest absolute Gasteiger partial charge is 0.383 e. The molecular weight excluding hydrogens is 375 g/mol. The Morgan fingerprint density at radius 1 is 1.38 bits per heavy atom. The van der Waals surface area contributed by atoms with Crippen molar-refractivity contribution in [2.75, 3.05) is 27.3 Å². The van der Waals surface area contributed by atoms with E-state index in [9.17, 15) is 21.6 Å². The number of hydrogen-bond donors (Lipinski definition) is 0. The predicted molar refractivity (Wildman–Crippen MR) is 75.9 cm³/mol. The topological polar surface area (TPSA) is 46.6 Å². The van der Waals surface area contributed by atoms with Gasteiger partial charge >= 0.3 is 6.18 Å². The quantitative estimate of drug-likeness (QED) is 0.702. The highest BCUT2D eigenvalue weighted by atomic mass is 79.9. The third kappa shape index (κ3) is 4.94. The largest absolute Gasteiger partial charge is 0.416 e. The van der Waals surface area contributed by atoms with E-state index in [0.29, 0.717) is 6.07 Å². The highest BCUT2D eigenvalue weighted by molar-refractivity contribution is 9.09. The normalized spacial score (nSPS) is 14.4. The Bertz CT molecular complexity index is 577. The minimum atomic E-state index is -4.59. The maximum absolute atomic E-state index is 12.6. The van der Waals surface area contributed by atoms with E-state index in [1.54, 1.807) is 0 Å². The fourth-order valence-electron chi connectivity index (χ4n) is 1.62. The second kappa shape index (κ2) is 7.08. The van der Waals surface area contributed by atoms with Crippen LogP contribution in [0.4, 0.5) is 13.2 Å². The first-order valence-corrected chi connectivity index (χ1v) is 8.21. The van der Waals surface area contributed by atoms with Gasteiger partial charge in [-0.1, -0.05) is 22.0 Å². The van der Waals surface area contributed by atoms with Crippen molar-refractivity contribution >= 4 is 26.0 Å². The summed E-state index contributed by atoms with van der Waals surface area (Å²) in [5.41, 5.74) is -0.996. The van der Waals surface area contributed by atoms with Crippen molar-refractivity contribution in [3.05, 3.63) is 29.8 Å². The lowest BCUT2D eigenvalue weighted by molar-refractivity contribution is -0.137. The van der Waals surface area contributed by atoms with Gasteiger partial charge in [-0.05, 0) is 18.2 Å². The third-order valence-electron chi connectivity index (χ3n) is 2.67. The standard InChI is InChI=1S/C12H15BrF3NO3S/c1-17(7-10(13)8-20-2)21(18,19)11-5-3-4-9(6-11)12(14,15)16/h3-6,10H,7-8H2,1-2H3. The summed E-state index contributed by atoms with van der Waals surface area (Å²) in [5.74, 6) is 0. The summed E-state index contributed by atoms with van der Waals surface area (Å²) < 4.78 is 68.3. The van der Waals surface area contributed by atoms with Gasteiger partial charge in [-0.25, -0.2) is 8.42 Å². The zero-order chi connectivity index (χ0) is 16.3. The molecule has 1 unspecified atom stereocenters. The molecule has 1 aromatic carbocycles. The van der Waals surface area contributed by atoms with Crippen molar-refractivity contribution < 1.29 is 26.3 Å². The molecule has 0 spiro atoms. The molecule has 21 heavy (non-hydrogen) atoms. The fraction of sp³-hybridized carbons (Fsp3) is 0.500. The Morgan fingerprint density at radius 3 is 2.52 bits per heavy atom. The van der Waals surface area contributed by atoms with E-state index in [4.69, 9.17) is 4.74 Å². The Hall–Kier alpha value is -0.640. The van der Waals surface area contributed by atoms with Crippen LogP contribution in [-0.2, 0) is 20.9 Å². The van der Waals surface area contributed by atoms with Crippen LogP contribution in [0.25, 0.3) is 0 Å². The third-order valence-corrected chi connectivity index (χ3v) is 5.05. The Balaban J connectivity index is 3.02. The van der Waals surface area contributed by atoms with Crippen LogP contribution < -0.4 is 0 Å². The molecule has 0 saturated heterocycles. The monoisotopic (exact) mass is 389 g/mol. The molecule has 0 aromatic heterocycles. The van der Waals surface area contributed by atoms with Gasteiger partial charge in [0.1, 0.15) is 0 Å². The van der Waals surface area contributed by atoms with Crippen LogP contribution in [0.15, 0.2) is 29.2 Å². The number of halogens is 4. The van der Waals surface area contributed by atoms with Crippen LogP contribution in [0, 0.1) is 0 Å². The van der Waals surface area contributed by atoms with Crippen LogP contribution in [-0.4, -0.2) is 44.9 Å². The molecule has 9 heteroatoms. The van der Waals surface area contributed by atoms with Crippen molar-refractivity contribution in [1.29, 1.82) is 0 Å². The zero-order valence-electron chi connectivity index (χ0n) is 11.4. The first kappa shape index (κ1) is 18.4. The minimum Gasteiger partial charge on any atom is -0.383 e. The molecule has 1 aromatic rings. The van der Waals surface area contributed by atoms with E-state index < -0.39 is 26.7 Å². The molecule has 0 fully saturated rings. The van der Waals surface area contributed by atoms with Gasteiger partial charge in [0.2, 0.25) is 10.0 Å². The van der Waals surface area contributed by atoms with E-state index in [0.717, 1.165) is 22.5 Å². The number of nitrogens with zero attached hydrogens (tertiary/aromatic N) is 1. The van der Waals surface area contributed by atoms with E-state index in [1.807, 2.05) is 0 Å². The molecule has 0 bridgehead atoms. The van der Waals surface area contributed by atoms with Crippen molar-refractivity contribution in [2.24, 2.45) is 0 Å². The molecule has 0 N–H and O–H groups in total. The van der Waals surface area contributed by atoms with E-state index in [2.05, 4.69) is 15.9 Å². The van der Waals surface area contributed by atoms with Crippen molar-refractivity contribution in [1.82, 2.24) is 4.31 Å². The number of methoxy groups -OCH3 is 1. The lowest BCUT2D eigenvalue weighted by atomic mass is 10.2. The van der Waals surface area contributed by atoms with Crippen LogP contribution in [0.2, 0.25) is 0 Å². The summed E-state index contributed by atoms with van der Waals surface area (Å²) in [6, 6.07) is 3.67.